The van der Waals surface area contributed by atoms with Crippen LogP contribution in [0.15, 0.2) is 64.9 Å². The topological polar surface area (TPSA) is 158 Å². The monoisotopic (exact) mass is 639 g/mol. The Hall–Kier alpha value is -4.05. The van der Waals surface area contributed by atoms with Crippen LogP contribution in [0.5, 0.6) is 5.88 Å². The van der Waals surface area contributed by atoms with Crippen molar-refractivity contribution in [3.8, 4) is 5.88 Å². The van der Waals surface area contributed by atoms with Gasteiger partial charge in [-0.1, -0.05) is 28.6 Å². The number of nitrogens with one attached hydrogen (secondary N) is 1. The summed E-state index contributed by atoms with van der Waals surface area (Å²) in [6.45, 7) is 5.96. The molecule has 0 aliphatic carbocycles. The number of ether oxygens (including phenoxy) is 2. The van der Waals surface area contributed by atoms with Gasteiger partial charge in [0.25, 0.3) is 5.91 Å². The Labute approximate surface area is 259 Å². The lowest BCUT2D eigenvalue weighted by Crippen LogP contribution is -2.30. The maximum atomic E-state index is 13.5. The molecule has 1 N–H and O–H groups in total. The van der Waals surface area contributed by atoms with Gasteiger partial charge in [-0.2, -0.15) is 0 Å². The smallest absolute Gasteiger partial charge is 0.280 e. The second-order valence-electron chi connectivity index (χ2n) is 10.3. The van der Waals surface area contributed by atoms with Gasteiger partial charge >= 0.3 is 0 Å². The van der Waals surface area contributed by atoms with Crippen LogP contribution in [0, 0.1) is 0 Å². The molecule has 0 bridgehead atoms. The molecule has 0 spiro atoms. The number of pyridine rings is 1. The molecule has 5 rings (SSSR count). The minimum absolute atomic E-state index is 0.0768. The summed E-state index contributed by atoms with van der Waals surface area (Å²) in [4.78, 5) is 39.0. The Bertz CT molecular complexity index is 1710. The van der Waals surface area contributed by atoms with Crippen LogP contribution in [-0.2, 0) is 30.8 Å². The van der Waals surface area contributed by atoms with E-state index in [-0.39, 0.29) is 23.8 Å². The minimum atomic E-state index is -3.58. The third-order valence-electron chi connectivity index (χ3n) is 6.99. The van der Waals surface area contributed by atoms with Crippen LogP contribution in [0.4, 0.5) is 5.13 Å². The summed E-state index contributed by atoms with van der Waals surface area (Å²) < 4.78 is 37.1. The van der Waals surface area contributed by atoms with E-state index in [1.165, 1.54) is 35.6 Å². The van der Waals surface area contributed by atoms with Crippen molar-refractivity contribution in [2.45, 2.75) is 43.1 Å². The van der Waals surface area contributed by atoms with Crippen molar-refractivity contribution in [2.75, 3.05) is 38.7 Å². The van der Waals surface area contributed by atoms with Crippen LogP contribution < -0.4 is 10.1 Å². The van der Waals surface area contributed by atoms with Crippen LogP contribution in [0.1, 0.15) is 31.7 Å². The van der Waals surface area contributed by atoms with Crippen molar-refractivity contribution in [1.29, 1.82) is 0 Å². The lowest BCUT2D eigenvalue weighted by Gasteiger charge is -2.20. The van der Waals surface area contributed by atoms with Crippen molar-refractivity contribution in [3.63, 3.8) is 0 Å². The predicted molar refractivity (Wildman–Crippen MR) is 166 cm³/mol. The Morgan fingerprint density at radius 2 is 1.93 bits per heavy atom. The zero-order valence-electron chi connectivity index (χ0n) is 24.5. The molecule has 1 aromatic carbocycles. The first kappa shape index (κ1) is 31.4. The molecule has 1 aliphatic rings. The van der Waals surface area contributed by atoms with Crippen molar-refractivity contribution in [2.24, 2.45) is 5.16 Å². The average Bonchev–Trinajstić information content (AvgIpc) is 3.70. The average molecular weight is 640 g/mol. The Morgan fingerprint density at radius 1 is 1.16 bits per heavy atom. The molecular weight excluding hydrogens is 606 g/mol. The molecule has 1 fully saturated rings. The number of likely N-dealkylation sites (N-methyl/N-ethyl adjacent to an activating group) is 1. The van der Waals surface area contributed by atoms with Crippen LogP contribution in [0.25, 0.3) is 10.3 Å². The van der Waals surface area contributed by atoms with Gasteiger partial charge in [0.2, 0.25) is 5.88 Å². The normalized spacial score (nSPS) is 15.7. The summed E-state index contributed by atoms with van der Waals surface area (Å²) in [5.74, 6) is 0.238. The number of benzene rings is 1. The SMILES string of the molecule is CC(C)N(C)CCOc1ccc2nc(NC(=O)C(=NOCc3ncccn3)c3ccc(S(=O)(=O)[C@H]4CCOC4)cc3)sc2n1. The summed E-state index contributed by atoms with van der Waals surface area (Å²) in [5, 5.41) is 6.54. The van der Waals surface area contributed by atoms with E-state index in [2.05, 4.69) is 49.2 Å². The largest absolute Gasteiger partial charge is 0.476 e. The van der Waals surface area contributed by atoms with Crippen LogP contribution in [-0.4, -0.2) is 89.6 Å². The maximum absolute atomic E-state index is 13.5. The number of carbonyl (C=O) groups is 1. The lowest BCUT2D eigenvalue weighted by atomic mass is 10.1. The van der Waals surface area contributed by atoms with E-state index >= 15 is 0 Å². The fraction of sp³-hybridized carbons (Fsp3) is 0.379. The fourth-order valence-electron chi connectivity index (χ4n) is 4.18. The van der Waals surface area contributed by atoms with Crippen molar-refractivity contribution >= 4 is 48.3 Å². The molecule has 232 valence electrons. The van der Waals surface area contributed by atoms with E-state index in [0.29, 0.717) is 58.4 Å². The summed E-state index contributed by atoms with van der Waals surface area (Å²) >= 11 is 1.19. The highest BCUT2D eigenvalue weighted by atomic mass is 32.2. The predicted octanol–water partition coefficient (Wildman–Crippen LogP) is 3.32. The van der Waals surface area contributed by atoms with Crippen molar-refractivity contribution in [1.82, 2.24) is 24.8 Å². The third kappa shape index (κ3) is 7.72. The van der Waals surface area contributed by atoms with Crippen LogP contribution in [0.2, 0.25) is 0 Å². The number of amides is 1. The van der Waals surface area contributed by atoms with Gasteiger partial charge in [-0.25, -0.2) is 28.4 Å². The summed E-state index contributed by atoms with van der Waals surface area (Å²) in [5.41, 5.74) is 0.859. The number of thiazole rings is 1. The number of carbonyl (C=O) groups excluding carboxylic acids is 1. The number of fused-ring (bicyclic) bond motifs is 1. The van der Waals surface area contributed by atoms with E-state index < -0.39 is 21.0 Å². The van der Waals surface area contributed by atoms with E-state index in [4.69, 9.17) is 14.3 Å². The molecule has 15 heteroatoms. The number of hydrogen-bond donors (Lipinski definition) is 1. The Balaban J connectivity index is 1.33. The number of sulfone groups is 1. The highest BCUT2D eigenvalue weighted by molar-refractivity contribution is 7.92. The van der Waals surface area contributed by atoms with Crippen molar-refractivity contribution in [3.05, 3.63) is 66.2 Å². The van der Waals surface area contributed by atoms with Gasteiger partial charge in [0, 0.05) is 43.2 Å². The van der Waals surface area contributed by atoms with Crippen LogP contribution >= 0.6 is 11.3 Å². The first-order chi connectivity index (χ1) is 21.2. The molecule has 0 radical (unpaired) electrons. The third-order valence-corrected chi connectivity index (χ3v) is 10.1. The van der Waals surface area contributed by atoms with Gasteiger partial charge in [0.1, 0.15) is 17.0 Å². The quantitative estimate of drug-likeness (QED) is 0.169. The molecule has 1 saturated heterocycles. The summed E-state index contributed by atoms with van der Waals surface area (Å²) in [6.07, 6.45) is 3.58. The van der Waals surface area contributed by atoms with Gasteiger partial charge in [-0.05, 0) is 51.6 Å². The van der Waals surface area contributed by atoms with Crippen LogP contribution in [0.3, 0.4) is 0 Å². The van der Waals surface area contributed by atoms with Gasteiger partial charge < -0.3 is 19.2 Å². The molecular formula is C29H33N7O6S2. The molecule has 0 saturated carbocycles. The van der Waals surface area contributed by atoms with Gasteiger partial charge in [0.15, 0.2) is 33.1 Å². The second kappa shape index (κ2) is 14.2. The first-order valence-electron chi connectivity index (χ1n) is 14.0. The molecule has 0 unspecified atom stereocenters. The van der Waals surface area contributed by atoms with Gasteiger partial charge in [-0.3, -0.25) is 10.1 Å². The zero-order chi connectivity index (χ0) is 31.1. The van der Waals surface area contributed by atoms with Gasteiger partial charge in [0.05, 0.1) is 16.8 Å². The molecule has 44 heavy (non-hydrogen) atoms. The van der Waals surface area contributed by atoms with E-state index in [0.717, 1.165) is 6.54 Å². The molecule has 4 heterocycles. The fourth-order valence-corrected chi connectivity index (χ4v) is 6.59. The highest BCUT2D eigenvalue weighted by Crippen LogP contribution is 2.27. The second-order valence-corrected chi connectivity index (χ2v) is 13.5. The molecule has 13 nitrogen and oxygen atoms in total. The zero-order valence-corrected chi connectivity index (χ0v) is 26.2. The standard InChI is InChI=1S/C29H33N7O6S2/c1-19(2)36(3)14-16-41-25-10-9-23-28(33-25)43-29(32-23)34-27(37)26(35-42-18-24-30-12-4-13-31-24)20-5-7-21(8-6-20)44(38,39)22-11-15-40-17-22/h4-10,12-13,19,22H,11,14-18H2,1-3H3,(H,32,34,37)/t22-/m0/s1. The Kier molecular flexibility index (Phi) is 10.1. The lowest BCUT2D eigenvalue weighted by molar-refractivity contribution is -0.110. The molecule has 3 aromatic heterocycles. The number of hydrogen-bond acceptors (Lipinski definition) is 13. The molecule has 1 amide bonds. The van der Waals surface area contributed by atoms with Gasteiger partial charge in [-0.15, -0.1) is 0 Å². The summed E-state index contributed by atoms with van der Waals surface area (Å²) in [7, 11) is -1.55. The number of aromatic nitrogens is 4. The van der Waals surface area contributed by atoms with Crippen molar-refractivity contribution < 1.29 is 27.5 Å². The minimum Gasteiger partial charge on any atom is -0.476 e. The molecule has 4 aromatic rings. The molecule has 1 aliphatic heterocycles. The van der Waals surface area contributed by atoms with E-state index in [9.17, 15) is 13.2 Å². The number of nitrogens with zero attached hydrogens (tertiary/aromatic N) is 6. The highest BCUT2D eigenvalue weighted by Gasteiger charge is 2.31. The first-order valence-corrected chi connectivity index (χ1v) is 16.4. The summed E-state index contributed by atoms with van der Waals surface area (Å²) in [6, 6.07) is 11.5. The molecule has 1 atom stereocenters. The number of oxime groups is 1. The maximum Gasteiger partial charge on any atom is 0.280 e. The van der Waals surface area contributed by atoms with E-state index in [1.807, 2.05) is 7.05 Å². The number of anilines is 1. The van der Waals surface area contributed by atoms with E-state index in [1.54, 1.807) is 30.6 Å². The number of rotatable bonds is 13. The Morgan fingerprint density at radius 3 is 2.64 bits per heavy atom.